The molecule has 1 amide bonds. The number of hydrogen-bond donors (Lipinski definition) is 2. The van der Waals surface area contributed by atoms with Gasteiger partial charge in [-0.15, -0.1) is 0 Å². The Hall–Kier alpha value is -2.92. The molecular formula is C17H15N3O2. The molecule has 0 saturated carbocycles. The zero-order chi connectivity index (χ0) is 15.5. The number of methoxy groups -OCH3 is 1. The fraction of sp³-hybridized carbons (Fsp3) is 0.0588. The van der Waals surface area contributed by atoms with Crippen LogP contribution in [0.3, 0.4) is 0 Å². The number of nitrogens with zero attached hydrogens (tertiary/aromatic N) is 1. The fourth-order valence-electron chi connectivity index (χ4n) is 2.35. The zero-order valence-electron chi connectivity index (χ0n) is 12.0. The maximum absolute atomic E-state index is 12.1. The molecule has 0 aliphatic rings. The van der Waals surface area contributed by atoms with Crippen molar-refractivity contribution >= 4 is 16.8 Å². The molecule has 22 heavy (non-hydrogen) atoms. The van der Waals surface area contributed by atoms with Gasteiger partial charge in [0.2, 0.25) is 0 Å². The Bertz CT molecular complexity index is 832. The van der Waals surface area contributed by atoms with Crippen molar-refractivity contribution in [2.24, 2.45) is 5.84 Å². The highest BCUT2D eigenvalue weighted by Gasteiger charge is 2.13. The second kappa shape index (κ2) is 5.83. The first kappa shape index (κ1) is 14.0. The van der Waals surface area contributed by atoms with Gasteiger partial charge < -0.3 is 4.74 Å². The van der Waals surface area contributed by atoms with Gasteiger partial charge in [0.05, 0.1) is 23.9 Å². The van der Waals surface area contributed by atoms with Crippen molar-refractivity contribution in [2.45, 2.75) is 0 Å². The summed E-state index contributed by atoms with van der Waals surface area (Å²) in [6.45, 7) is 0. The number of hydrogen-bond acceptors (Lipinski definition) is 4. The average molecular weight is 293 g/mol. The highest BCUT2D eigenvalue weighted by atomic mass is 16.5. The number of amides is 1. The quantitative estimate of drug-likeness (QED) is 0.442. The van der Waals surface area contributed by atoms with Gasteiger partial charge in [-0.05, 0) is 24.3 Å². The Morgan fingerprint density at radius 1 is 1.14 bits per heavy atom. The van der Waals surface area contributed by atoms with E-state index in [1.807, 2.05) is 42.5 Å². The number of hydrazine groups is 1. The SMILES string of the molecule is COc1ccc2nc(-c3ccccc3)cc(C(=O)NN)c2c1. The lowest BCUT2D eigenvalue weighted by atomic mass is 10.0. The summed E-state index contributed by atoms with van der Waals surface area (Å²) >= 11 is 0. The van der Waals surface area contributed by atoms with Crippen LogP contribution < -0.4 is 16.0 Å². The number of fused-ring (bicyclic) bond motifs is 1. The molecule has 0 spiro atoms. The summed E-state index contributed by atoms with van der Waals surface area (Å²) in [5.41, 5.74) is 5.01. The highest BCUT2D eigenvalue weighted by Crippen LogP contribution is 2.27. The second-order valence-corrected chi connectivity index (χ2v) is 4.78. The van der Waals surface area contributed by atoms with Crippen molar-refractivity contribution in [1.29, 1.82) is 0 Å². The molecule has 3 N–H and O–H groups in total. The Kier molecular flexibility index (Phi) is 3.72. The van der Waals surface area contributed by atoms with E-state index in [4.69, 9.17) is 10.6 Å². The molecule has 0 unspecified atom stereocenters. The van der Waals surface area contributed by atoms with Gasteiger partial charge in [0.25, 0.3) is 5.91 Å². The summed E-state index contributed by atoms with van der Waals surface area (Å²) in [6, 6.07) is 16.8. The molecule has 5 nitrogen and oxygen atoms in total. The smallest absolute Gasteiger partial charge is 0.265 e. The standard InChI is InChI=1S/C17H15N3O2/c1-22-12-7-8-15-13(9-12)14(17(21)20-18)10-16(19-15)11-5-3-2-4-6-11/h2-10H,18H2,1H3,(H,20,21). The van der Waals surface area contributed by atoms with Crippen molar-refractivity contribution in [1.82, 2.24) is 10.4 Å². The van der Waals surface area contributed by atoms with Crippen LogP contribution in [-0.2, 0) is 0 Å². The third kappa shape index (κ3) is 2.49. The summed E-state index contributed by atoms with van der Waals surface area (Å²) < 4.78 is 5.21. The summed E-state index contributed by atoms with van der Waals surface area (Å²) in [5, 5.41) is 0.696. The van der Waals surface area contributed by atoms with Crippen LogP contribution in [0.5, 0.6) is 5.75 Å². The van der Waals surface area contributed by atoms with E-state index in [1.165, 1.54) is 0 Å². The number of nitrogens with one attached hydrogen (secondary N) is 1. The van der Waals surface area contributed by atoms with Gasteiger partial charge in [-0.2, -0.15) is 0 Å². The summed E-state index contributed by atoms with van der Waals surface area (Å²) in [6.07, 6.45) is 0. The minimum absolute atomic E-state index is 0.363. The average Bonchev–Trinajstić information content (AvgIpc) is 2.60. The molecule has 110 valence electrons. The topological polar surface area (TPSA) is 77.2 Å². The van der Waals surface area contributed by atoms with E-state index in [9.17, 15) is 4.79 Å². The molecule has 5 heteroatoms. The number of nitrogens with two attached hydrogens (primary N) is 1. The third-order valence-corrected chi connectivity index (χ3v) is 3.46. The van der Waals surface area contributed by atoms with Crippen molar-refractivity contribution < 1.29 is 9.53 Å². The minimum atomic E-state index is -0.363. The Morgan fingerprint density at radius 3 is 2.59 bits per heavy atom. The first-order valence-electron chi connectivity index (χ1n) is 6.78. The minimum Gasteiger partial charge on any atom is -0.497 e. The van der Waals surface area contributed by atoms with Crippen molar-refractivity contribution in [2.75, 3.05) is 7.11 Å². The lowest BCUT2D eigenvalue weighted by molar-refractivity contribution is 0.0955. The normalized spacial score (nSPS) is 10.5. The molecule has 1 heterocycles. The number of benzene rings is 2. The number of nitrogen functional groups attached to an aromatic ring is 1. The maximum Gasteiger partial charge on any atom is 0.265 e. The van der Waals surface area contributed by atoms with Crippen molar-refractivity contribution in [3.05, 3.63) is 60.2 Å². The third-order valence-electron chi connectivity index (χ3n) is 3.46. The molecular weight excluding hydrogens is 278 g/mol. The summed E-state index contributed by atoms with van der Waals surface area (Å²) in [7, 11) is 1.58. The number of rotatable bonds is 3. The van der Waals surface area contributed by atoms with E-state index in [1.54, 1.807) is 19.2 Å². The molecule has 3 aromatic rings. The number of pyridine rings is 1. The Labute approximate surface area is 127 Å². The van der Waals surface area contributed by atoms with Gasteiger partial charge in [0.15, 0.2) is 0 Å². The van der Waals surface area contributed by atoms with Crippen LogP contribution in [0.15, 0.2) is 54.6 Å². The van der Waals surface area contributed by atoms with Gasteiger partial charge >= 0.3 is 0 Å². The largest absolute Gasteiger partial charge is 0.497 e. The van der Waals surface area contributed by atoms with Gasteiger partial charge in [-0.3, -0.25) is 10.2 Å². The lowest BCUT2D eigenvalue weighted by Gasteiger charge is -2.10. The van der Waals surface area contributed by atoms with Crippen LogP contribution in [-0.4, -0.2) is 18.0 Å². The van der Waals surface area contributed by atoms with E-state index < -0.39 is 0 Å². The Morgan fingerprint density at radius 2 is 1.91 bits per heavy atom. The molecule has 0 atom stereocenters. The number of carbonyl (C=O) groups is 1. The summed E-state index contributed by atoms with van der Waals surface area (Å²) in [5.74, 6) is 5.60. The molecule has 0 aliphatic carbocycles. The van der Waals surface area contributed by atoms with E-state index in [-0.39, 0.29) is 5.91 Å². The van der Waals surface area contributed by atoms with Gasteiger partial charge in [0.1, 0.15) is 5.75 Å². The first-order chi connectivity index (χ1) is 10.7. The number of aromatic nitrogens is 1. The highest BCUT2D eigenvalue weighted by molar-refractivity contribution is 6.07. The van der Waals surface area contributed by atoms with E-state index >= 15 is 0 Å². The van der Waals surface area contributed by atoms with E-state index in [0.29, 0.717) is 22.2 Å². The molecule has 0 radical (unpaired) electrons. The predicted molar refractivity (Wildman–Crippen MR) is 85.4 cm³/mol. The molecule has 3 rings (SSSR count). The molecule has 0 saturated heterocycles. The molecule has 1 aromatic heterocycles. The Balaban J connectivity index is 2.28. The first-order valence-corrected chi connectivity index (χ1v) is 6.78. The number of ether oxygens (including phenoxy) is 1. The predicted octanol–water partition coefficient (Wildman–Crippen LogP) is 2.51. The van der Waals surface area contributed by atoms with Crippen molar-refractivity contribution in [3.63, 3.8) is 0 Å². The van der Waals surface area contributed by atoms with Crippen LogP contribution in [0.1, 0.15) is 10.4 Å². The van der Waals surface area contributed by atoms with Gasteiger partial charge in [-0.1, -0.05) is 30.3 Å². The maximum atomic E-state index is 12.1. The molecule has 0 fully saturated rings. The lowest BCUT2D eigenvalue weighted by Crippen LogP contribution is -2.30. The molecule has 0 aliphatic heterocycles. The van der Waals surface area contributed by atoms with Gasteiger partial charge in [0, 0.05) is 10.9 Å². The number of carbonyl (C=O) groups excluding carboxylic acids is 1. The van der Waals surface area contributed by atoms with Crippen LogP contribution in [0.2, 0.25) is 0 Å². The second-order valence-electron chi connectivity index (χ2n) is 4.78. The molecule has 0 bridgehead atoms. The van der Waals surface area contributed by atoms with Gasteiger partial charge in [-0.25, -0.2) is 10.8 Å². The monoisotopic (exact) mass is 293 g/mol. The van der Waals surface area contributed by atoms with Crippen LogP contribution in [0.25, 0.3) is 22.2 Å². The summed E-state index contributed by atoms with van der Waals surface area (Å²) in [4.78, 5) is 16.7. The molecule has 2 aromatic carbocycles. The van der Waals surface area contributed by atoms with Crippen LogP contribution in [0.4, 0.5) is 0 Å². The fourth-order valence-corrected chi connectivity index (χ4v) is 2.35. The van der Waals surface area contributed by atoms with Crippen LogP contribution >= 0.6 is 0 Å². The van der Waals surface area contributed by atoms with E-state index in [2.05, 4.69) is 10.4 Å². The van der Waals surface area contributed by atoms with E-state index in [0.717, 1.165) is 11.3 Å². The van der Waals surface area contributed by atoms with Crippen molar-refractivity contribution in [3.8, 4) is 17.0 Å². The zero-order valence-corrected chi connectivity index (χ0v) is 12.0. The van der Waals surface area contributed by atoms with Crippen LogP contribution in [0, 0.1) is 0 Å².